The topological polar surface area (TPSA) is 113 Å². The number of rotatable bonds is 8. The first-order valence-electron chi connectivity index (χ1n) is 11.8. The number of nitrogens with one attached hydrogen (secondary N) is 1. The molecule has 5 rings (SSSR count). The van der Waals surface area contributed by atoms with Crippen molar-refractivity contribution in [3.05, 3.63) is 30.0 Å². The lowest BCUT2D eigenvalue weighted by molar-refractivity contribution is -0.107. The van der Waals surface area contributed by atoms with Crippen LogP contribution in [0.2, 0.25) is 0 Å². The van der Waals surface area contributed by atoms with Crippen LogP contribution in [0.1, 0.15) is 45.1 Å². The molecule has 4 heterocycles. The van der Waals surface area contributed by atoms with Crippen LogP contribution in [-0.4, -0.2) is 77.0 Å². The van der Waals surface area contributed by atoms with Crippen LogP contribution in [0.3, 0.4) is 0 Å². The zero-order valence-corrected chi connectivity index (χ0v) is 20.4. The SMILES string of the molecule is CC(C)S(=O)(=O)N1CC(CC#N)(N2CC=C(c3cc(N(C=O)C4CC4)nc4[nH]ccc34)CC2)C1. The number of aromatic amines is 1. The average molecular weight is 483 g/mol. The highest BCUT2D eigenvalue weighted by molar-refractivity contribution is 7.89. The number of hydrogen-bond acceptors (Lipinski definition) is 6. The molecule has 0 unspecified atom stereocenters. The maximum Gasteiger partial charge on any atom is 0.216 e. The molecular formula is C24H30N6O3S. The summed E-state index contributed by atoms with van der Waals surface area (Å²) < 4.78 is 26.6. The molecule has 1 aliphatic carbocycles. The lowest BCUT2D eigenvalue weighted by Gasteiger charge is -2.55. The molecule has 2 aromatic rings. The second-order valence-electron chi connectivity index (χ2n) is 9.86. The minimum Gasteiger partial charge on any atom is -0.346 e. The highest BCUT2D eigenvalue weighted by Gasteiger charge is 2.52. The Morgan fingerprint density at radius 1 is 1.38 bits per heavy atom. The predicted octanol–water partition coefficient (Wildman–Crippen LogP) is 2.48. The van der Waals surface area contributed by atoms with E-state index < -0.39 is 20.8 Å². The molecule has 0 radical (unpaired) electrons. The van der Waals surface area contributed by atoms with E-state index in [-0.39, 0.29) is 6.04 Å². The molecule has 0 aromatic carbocycles. The molecule has 34 heavy (non-hydrogen) atoms. The van der Waals surface area contributed by atoms with Gasteiger partial charge in [-0.25, -0.2) is 13.4 Å². The van der Waals surface area contributed by atoms with Gasteiger partial charge in [-0.3, -0.25) is 14.6 Å². The maximum atomic E-state index is 12.6. The molecule has 10 heteroatoms. The third-order valence-electron chi connectivity index (χ3n) is 7.36. The number of pyridine rings is 1. The fraction of sp³-hybridized carbons (Fsp3) is 0.542. The van der Waals surface area contributed by atoms with Gasteiger partial charge >= 0.3 is 0 Å². The Morgan fingerprint density at radius 2 is 2.15 bits per heavy atom. The highest BCUT2D eigenvalue weighted by atomic mass is 32.2. The van der Waals surface area contributed by atoms with Gasteiger partial charge in [0.1, 0.15) is 11.5 Å². The lowest BCUT2D eigenvalue weighted by atomic mass is 9.84. The van der Waals surface area contributed by atoms with Gasteiger partial charge < -0.3 is 4.98 Å². The smallest absolute Gasteiger partial charge is 0.216 e. The number of H-pyrrole nitrogens is 1. The summed E-state index contributed by atoms with van der Waals surface area (Å²) in [6.07, 6.45) is 7.99. The van der Waals surface area contributed by atoms with Crippen LogP contribution in [0.15, 0.2) is 24.4 Å². The number of amides is 1. The van der Waals surface area contributed by atoms with Gasteiger partial charge in [0.15, 0.2) is 0 Å². The maximum absolute atomic E-state index is 12.6. The molecule has 180 valence electrons. The molecule has 2 aliphatic heterocycles. The Hall–Kier alpha value is -2.74. The molecule has 1 N–H and O–H groups in total. The van der Waals surface area contributed by atoms with Gasteiger partial charge in [-0.1, -0.05) is 6.08 Å². The van der Waals surface area contributed by atoms with E-state index in [1.165, 1.54) is 9.88 Å². The summed E-state index contributed by atoms with van der Waals surface area (Å²) in [5.41, 5.74) is 2.58. The minimum absolute atomic E-state index is 0.232. The van der Waals surface area contributed by atoms with Crippen molar-refractivity contribution in [2.24, 2.45) is 0 Å². The normalized spacial score (nSPS) is 21.2. The lowest BCUT2D eigenvalue weighted by Crippen LogP contribution is -2.72. The van der Waals surface area contributed by atoms with Crippen LogP contribution in [0.4, 0.5) is 5.82 Å². The summed E-state index contributed by atoms with van der Waals surface area (Å²) >= 11 is 0. The number of hydrogen-bond donors (Lipinski definition) is 1. The van der Waals surface area contributed by atoms with Crippen molar-refractivity contribution in [2.75, 3.05) is 31.1 Å². The number of aromatic nitrogens is 2. The zero-order chi connectivity index (χ0) is 24.1. The van der Waals surface area contributed by atoms with Crippen LogP contribution < -0.4 is 4.90 Å². The Labute approximate surface area is 200 Å². The van der Waals surface area contributed by atoms with Crippen molar-refractivity contribution in [3.63, 3.8) is 0 Å². The molecule has 2 fully saturated rings. The van der Waals surface area contributed by atoms with Crippen molar-refractivity contribution in [1.29, 1.82) is 5.26 Å². The number of anilines is 1. The van der Waals surface area contributed by atoms with Gasteiger partial charge in [0.25, 0.3) is 0 Å². The van der Waals surface area contributed by atoms with Crippen molar-refractivity contribution < 1.29 is 13.2 Å². The number of sulfonamides is 1. The van der Waals surface area contributed by atoms with E-state index in [0.717, 1.165) is 48.8 Å². The van der Waals surface area contributed by atoms with E-state index in [9.17, 15) is 18.5 Å². The Morgan fingerprint density at radius 3 is 2.74 bits per heavy atom. The third-order valence-corrected chi connectivity index (χ3v) is 9.53. The van der Waals surface area contributed by atoms with Gasteiger partial charge in [-0.15, -0.1) is 0 Å². The van der Waals surface area contributed by atoms with E-state index in [1.807, 2.05) is 18.3 Å². The summed E-state index contributed by atoms with van der Waals surface area (Å²) in [6, 6.07) is 6.53. The monoisotopic (exact) mass is 482 g/mol. The number of nitrogens with zero attached hydrogens (tertiary/aromatic N) is 5. The van der Waals surface area contributed by atoms with Crippen LogP contribution in [0.25, 0.3) is 16.6 Å². The summed E-state index contributed by atoms with van der Waals surface area (Å²) in [5.74, 6) is 0.667. The Kier molecular flexibility index (Phi) is 5.74. The van der Waals surface area contributed by atoms with Crippen LogP contribution >= 0.6 is 0 Å². The summed E-state index contributed by atoms with van der Waals surface area (Å²) in [4.78, 5) is 23.6. The number of carbonyl (C=O) groups excluding carboxylic acids is 1. The average Bonchev–Trinajstić information content (AvgIpc) is 3.51. The highest BCUT2D eigenvalue weighted by Crippen LogP contribution is 2.39. The first-order chi connectivity index (χ1) is 16.3. The zero-order valence-electron chi connectivity index (χ0n) is 19.6. The molecule has 1 saturated heterocycles. The fourth-order valence-corrected chi connectivity index (χ4v) is 6.54. The summed E-state index contributed by atoms with van der Waals surface area (Å²) in [6.45, 7) is 5.50. The summed E-state index contributed by atoms with van der Waals surface area (Å²) in [5, 5.41) is 10.0. The molecule has 2 aromatic heterocycles. The van der Waals surface area contributed by atoms with Crippen molar-refractivity contribution >= 4 is 38.9 Å². The first kappa shape index (κ1) is 23.0. The minimum atomic E-state index is -3.32. The predicted molar refractivity (Wildman–Crippen MR) is 130 cm³/mol. The summed E-state index contributed by atoms with van der Waals surface area (Å²) in [7, 11) is -3.32. The molecule has 9 nitrogen and oxygen atoms in total. The Bertz CT molecular complexity index is 1280. The second-order valence-corrected chi connectivity index (χ2v) is 12.3. The third kappa shape index (κ3) is 3.82. The number of carbonyl (C=O) groups is 1. The van der Waals surface area contributed by atoms with Gasteiger partial charge in [0.2, 0.25) is 16.4 Å². The molecular weight excluding hydrogens is 452 g/mol. The number of nitriles is 1. The largest absolute Gasteiger partial charge is 0.346 e. The molecule has 1 amide bonds. The first-order valence-corrected chi connectivity index (χ1v) is 13.3. The molecule has 0 atom stereocenters. The van der Waals surface area contributed by atoms with Gasteiger partial charge in [-0.05, 0) is 56.4 Å². The van der Waals surface area contributed by atoms with E-state index >= 15 is 0 Å². The van der Waals surface area contributed by atoms with E-state index in [0.29, 0.717) is 31.9 Å². The Balaban J connectivity index is 1.40. The number of fused-ring (bicyclic) bond motifs is 1. The van der Waals surface area contributed by atoms with Crippen LogP contribution in [0, 0.1) is 11.3 Å². The van der Waals surface area contributed by atoms with E-state index in [4.69, 9.17) is 0 Å². The second kappa shape index (κ2) is 8.48. The standard InChI is InChI=1S/C24H30N6O3S/c1-17(2)34(32,33)29-14-24(15-29,8-9-25)28-11-6-18(7-12-28)21-13-22(30(16-31)19-3-4-19)27-23-20(21)5-10-26-23/h5-6,10,13,16-17,19H,3-4,7-8,11-12,14-15H2,1-2H3,(H,26,27). The van der Waals surface area contributed by atoms with E-state index in [2.05, 4.69) is 27.0 Å². The fourth-order valence-electron chi connectivity index (χ4n) is 5.11. The van der Waals surface area contributed by atoms with Crippen LogP contribution in [-0.2, 0) is 14.8 Å². The van der Waals surface area contributed by atoms with Crippen molar-refractivity contribution in [2.45, 2.75) is 56.4 Å². The van der Waals surface area contributed by atoms with Gasteiger partial charge in [0, 0.05) is 43.8 Å². The molecule has 0 bridgehead atoms. The molecule has 3 aliphatic rings. The van der Waals surface area contributed by atoms with Crippen molar-refractivity contribution in [1.82, 2.24) is 19.2 Å². The molecule has 1 saturated carbocycles. The van der Waals surface area contributed by atoms with Gasteiger partial charge in [0.05, 0.1) is 23.3 Å². The van der Waals surface area contributed by atoms with Crippen molar-refractivity contribution in [3.8, 4) is 6.07 Å². The van der Waals surface area contributed by atoms with Crippen LogP contribution in [0.5, 0.6) is 0 Å². The van der Waals surface area contributed by atoms with E-state index in [1.54, 1.807) is 18.7 Å². The quantitative estimate of drug-likeness (QED) is 0.579. The molecule has 0 spiro atoms. The van der Waals surface area contributed by atoms with Gasteiger partial charge in [-0.2, -0.15) is 9.57 Å².